The summed E-state index contributed by atoms with van der Waals surface area (Å²) < 4.78 is 22.8. The number of aliphatic hydroxyl groups excluding tert-OH is 1. The van der Waals surface area contributed by atoms with Crippen LogP contribution in [-0.2, 0) is 9.84 Å². The van der Waals surface area contributed by atoms with Crippen LogP contribution >= 0.6 is 0 Å². The van der Waals surface area contributed by atoms with Gasteiger partial charge in [0.15, 0.2) is 9.84 Å². The third-order valence-electron chi connectivity index (χ3n) is 3.82. The molecule has 21 heavy (non-hydrogen) atoms. The molecule has 4 nitrogen and oxygen atoms in total. The second kappa shape index (κ2) is 7.20. The standard InChI is InChI=1S/C16H23NO3S/c1-21(19,20)15-10-8-13(9-11-15)16(18)12-17-14-6-4-2-3-5-7-14/h2-3,8-11,14,16-18H,4-7,12H2,1H3. The molecule has 0 saturated heterocycles. The molecule has 0 amide bonds. The van der Waals surface area contributed by atoms with E-state index < -0.39 is 15.9 Å². The fraction of sp³-hybridized carbons (Fsp3) is 0.500. The highest BCUT2D eigenvalue weighted by atomic mass is 32.2. The topological polar surface area (TPSA) is 66.4 Å². The maximum Gasteiger partial charge on any atom is 0.175 e. The highest BCUT2D eigenvalue weighted by Crippen LogP contribution is 2.17. The van der Waals surface area contributed by atoms with Gasteiger partial charge in [0.05, 0.1) is 11.0 Å². The number of rotatable bonds is 5. The van der Waals surface area contributed by atoms with E-state index in [0.717, 1.165) is 31.2 Å². The van der Waals surface area contributed by atoms with Crippen molar-refractivity contribution in [2.45, 2.75) is 42.7 Å². The minimum Gasteiger partial charge on any atom is -0.387 e. The van der Waals surface area contributed by atoms with E-state index >= 15 is 0 Å². The normalized spacial score (nSPS) is 18.4. The average molecular weight is 309 g/mol. The number of hydrogen-bond acceptors (Lipinski definition) is 4. The zero-order chi connectivity index (χ0) is 15.3. The van der Waals surface area contributed by atoms with Crippen LogP contribution in [0.25, 0.3) is 0 Å². The van der Waals surface area contributed by atoms with Gasteiger partial charge in [0, 0.05) is 18.8 Å². The minimum absolute atomic E-state index is 0.279. The van der Waals surface area contributed by atoms with Crippen LogP contribution < -0.4 is 5.32 Å². The summed E-state index contributed by atoms with van der Waals surface area (Å²) in [6, 6.07) is 6.88. The fourth-order valence-corrected chi connectivity index (χ4v) is 3.14. The van der Waals surface area contributed by atoms with E-state index in [1.165, 1.54) is 6.26 Å². The van der Waals surface area contributed by atoms with Gasteiger partial charge in [-0.1, -0.05) is 24.3 Å². The molecule has 0 saturated carbocycles. The van der Waals surface area contributed by atoms with Gasteiger partial charge in [0.25, 0.3) is 0 Å². The first-order valence-corrected chi connectivity index (χ1v) is 9.22. The van der Waals surface area contributed by atoms with Gasteiger partial charge < -0.3 is 10.4 Å². The maximum atomic E-state index is 11.4. The van der Waals surface area contributed by atoms with Crippen molar-refractivity contribution >= 4 is 9.84 Å². The van der Waals surface area contributed by atoms with Crippen molar-refractivity contribution in [2.24, 2.45) is 0 Å². The average Bonchev–Trinajstić information content (AvgIpc) is 2.72. The lowest BCUT2D eigenvalue weighted by molar-refractivity contribution is 0.168. The summed E-state index contributed by atoms with van der Waals surface area (Å²) in [6.45, 7) is 0.489. The Balaban J connectivity index is 1.89. The molecule has 0 spiro atoms. The summed E-state index contributed by atoms with van der Waals surface area (Å²) in [5.41, 5.74) is 0.738. The van der Waals surface area contributed by atoms with Crippen molar-refractivity contribution in [3.63, 3.8) is 0 Å². The molecule has 0 aliphatic heterocycles. The maximum absolute atomic E-state index is 11.4. The third-order valence-corrected chi connectivity index (χ3v) is 4.95. The van der Waals surface area contributed by atoms with Crippen LogP contribution in [-0.4, -0.2) is 32.4 Å². The Labute approximate surface area is 126 Å². The van der Waals surface area contributed by atoms with Crippen LogP contribution in [0.4, 0.5) is 0 Å². The Kier molecular flexibility index (Phi) is 5.56. The second-order valence-corrected chi connectivity index (χ2v) is 7.60. The van der Waals surface area contributed by atoms with Gasteiger partial charge in [0.1, 0.15) is 0 Å². The molecule has 0 radical (unpaired) electrons. The molecule has 1 aliphatic carbocycles. The predicted octanol–water partition coefficient (Wildman–Crippen LogP) is 2.21. The van der Waals surface area contributed by atoms with E-state index in [-0.39, 0.29) is 4.90 Å². The Hall–Kier alpha value is -1.17. The Morgan fingerprint density at radius 1 is 1.19 bits per heavy atom. The van der Waals surface area contributed by atoms with Crippen LogP contribution in [0, 0.1) is 0 Å². The first kappa shape index (κ1) is 16.2. The summed E-state index contributed by atoms with van der Waals surface area (Å²) in [7, 11) is -3.18. The predicted molar refractivity (Wildman–Crippen MR) is 83.9 cm³/mol. The summed E-state index contributed by atoms with van der Waals surface area (Å²) in [5, 5.41) is 13.6. The molecule has 0 bridgehead atoms. The number of benzene rings is 1. The molecule has 1 aromatic carbocycles. The number of nitrogens with one attached hydrogen (secondary N) is 1. The summed E-state index contributed by atoms with van der Waals surface area (Å²) in [5.74, 6) is 0. The molecule has 1 unspecified atom stereocenters. The molecule has 5 heteroatoms. The first-order valence-electron chi connectivity index (χ1n) is 7.33. The Morgan fingerprint density at radius 2 is 1.76 bits per heavy atom. The second-order valence-electron chi connectivity index (χ2n) is 5.59. The third kappa shape index (κ3) is 4.95. The number of aliphatic hydroxyl groups is 1. The van der Waals surface area contributed by atoms with Gasteiger partial charge in [0.2, 0.25) is 0 Å². The van der Waals surface area contributed by atoms with Crippen molar-refractivity contribution in [1.29, 1.82) is 0 Å². The lowest BCUT2D eigenvalue weighted by Crippen LogP contribution is -2.32. The van der Waals surface area contributed by atoms with Crippen molar-refractivity contribution in [2.75, 3.05) is 12.8 Å². The molecule has 116 valence electrons. The lowest BCUT2D eigenvalue weighted by Gasteiger charge is -2.19. The largest absolute Gasteiger partial charge is 0.387 e. The molecule has 1 aromatic rings. The zero-order valence-electron chi connectivity index (χ0n) is 12.3. The number of hydrogen-bond donors (Lipinski definition) is 2. The van der Waals surface area contributed by atoms with Crippen molar-refractivity contribution < 1.29 is 13.5 Å². The Morgan fingerprint density at radius 3 is 2.29 bits per heavy atom. The molecule has 0 heterocycles. The van der Waals surface area contributed by atoms with Gasteiger partial charge in [-0.3, -0.25) is 0 Å². The van der Waals surface area contributed by atoms with Gasteiger partial charge in [-0.05, 0) is 43.4 Å². The highest BCUT2D eigenvalue weighted by molar-refractivity contribution is 7.90. The molecular formula is C16H23NO3S. The van der Waals surface area contributed by atoms with Crippen LogP contribution in [0.3, 0.4) is 0 Å². The Bertz CT molecular complexity index is 568. The van der Waals surface area contributed by atoms with Crippen LogP contribution in [0.2, 0.25) is 0 Å². The van der Waals surface area contributed by atoms with Gasteiger partial charge in [-0.25, -0.2) is 8.42 Å². The number of allylic oxidation sites excluding steroid dienone is 2. The quantitative estimate of drug-likeness (QED) is 0.819. The molecule has 1 atom stereocenters. The molecule has 0 fully saturated rings. The molecule has 0 aromatic heterocycles. The van der Waals surface area contributed by atoms with E-state index in [1.807, 2.05) is 0 Å². The minimum atomic E-state index is -3.18. The molecule has 2 rings (SSSR count). The van der Waals surface area contributed by atoms with E-state index in [0.29, 0.717) is 12.6 Å². The first-order chi connectivity index (χ1) is 9.97. The van der Waals surface area contributed by atoms with E-state index in [1.54, 1.807) is 24.3 Å². The van der Waals surface area contributed by atoms with E-state index in [2.05, 4.69) is 17.5 Å². The highest BCUT2D eigenvalue weighted by Gasteiger charge is 2.14. The fourth-order valence-electron chi connectivity index (χ4n) is 2.51. The van der Waals surface area contributed by atoms with Crippen LogP contribution in [0.5, 0.6) is 0 Å². The number of sulfone groups is 1. The summed E-state index contributed by atoms with van der Waals surface area (Å²) in [6.07, 6.45) is 9.33. The van der Waals surface area contributed by atoms with Gasteiger partial charge in [-0.15, -0.1) is 0 Å². The van der Waals surface area contributed by atoms with Crippen LogP contribution in [0.1, 0.15) is 37.4 Å². The molecular weight excluding hydrogens is 286 g/mol. The van der Waals surface area contributed by atoms with E-state index in [9.17, 15) is 13.5 Å². The summed E-state index contributed by atoms with van der Waals surface area (Å²) in [4.78, 5) is 0.279. The summed E-state index contributed by atoms with van der Waals surface area (Å²) >= 11 is 0. The van der Waals surface area contributed by atoms with Crippen molar-refractivity contribution in [3.05, 3.63) is 42.0 Å². The smallest absolute Gasteiger partial charge is 0.175 e. The molecule has 1 aliphatic rings. The van der Waals surface area contributed by atoms with Crippen molar-refractivity contribution in [3.8, 4) is 0 Å². The zero-order valence-corrected chi connectivity index (χ0v) is 13.1. The van der Waals surface area contributed by atoms with Crippen LogP contribution in [0.15, 0.2) is 41.3 Å². The monoisotopic (exact) mass is 309 g/mol. The van der Waals surface area contributed by atoms with Crippen molar-refractivity contribution in [1.82, 2.24) is 5.32 Å². The van der Waals surface area contributed by atoms with Gasteiger partial charge >= 0.3 is 0 Å². The van der Waals surface area contributed by atoms with Gasteiger partial charge in [-0.2, -0.15) is 0 Å². The lowest BCUT2D eigenvalue weighted by atomic mass is 10.1. The molecule has 2 N–H and O–H groups in total. The SMILES string of the molecule is CS(=O)(=O)c1ccc(C(O)CNC2CCC=CCC2)cc1. The van der Waals surface area contributed by atoms with E-state index in [4.69, 9.17) is 0 Å².